The van der Waals surface area contributed by atoms with Gasteiger partial charge in [-0.2, -0.15) is 0 Å². The van der Waals surface area contributed by atoms with Crippen molar-refractivity contribution in [2.75, 3.05) is 26.0 Å². The Labute approximate surface area is 236 Å². The molecule has 2 aromatic carbocycles. The van der Waals surface area contributed by atoms with Crippen molar-refractivity contribution < 1.29 is 28.2 Å². The summed E-state index contributed by atoms with van der Waals surface area (Å²) in [5.74, 6) is -0.0900. The number of benzene rings is 2. The zero-order valence-corrected chi connectivity index (χ0v) is 24.2. The molecule has 1 aliphatic heterocycles. The number of halogens is 1. The number of carbonyl (C=O) groups is 2. The Bertz CT molecular complexity index is 1180. The lowest BCUT2D eigenvalue weighted by Gasteiger charge is -2.31. The Kier molecular flexibility index (Phi) is 9.56. The lowest BCUT2D eigenvalue weighted by molar-refractivity contribution is -0.145. The van der Waals surface area contributed by atoms with Gasteiger partial charge in [0.15, 0.2) is 0 Å². The summed E-state index contributed by atoms with van der Waals surface area (Å²) in [4.78, 5) is 26.5. The molecule has 0 radical (unpaired) electrons. The zero-order chi connectivity index (χ0) is 28.9. The molecule has 9 heteroatoms. The van der Waals surface area contributed by atoms with Gasteiger partial charge in [-0.25, -0.2) is 14.0 Å². The van der Waals surface area contributed by atoms with Crippen molar-refractivity contribution in [3.05, 3.63) is 59.4 Å². The van der Waals surface area contributed by atoms with Gasteiger partial charge in [-0.05, 0) is 76.6 Å². The first kappa shape index (κ1) is 29.6. The molecule has 0 bridgehead atoms. The summed E-state index contributed by atoms with van der Waals surface area (Å²) in [5.41, 5.74) is 2.70. The standard InChI is InChI=1S/C31H42FN3O5/c1-31(2,3)40-30(37)35-19-26(17-28(35)29(36)38-5)39-25-15-22(32)14-24(16-25)34-23-12-10-20(11-13-23)27-9-7-6-8-21(27)18-33-4/h6-9,14-16,20,23,26,28,33-34H,10-13,17-19H2,1-5H3/t20-,23-,26-,28-/m0/s1. The van der Waals surface area contributed by atoms with Gasteiger partial charge >= 0.3 is 12.1 Å². The van der Waals surface area contributed by atoms with E-state index in [1.165, 1.54) is 35.3 Å². The van der Waals surface area contributed by atoms with Crippen LogP contribution in [0.1, 0.15) is 69.9 Å². The second kappa shape index (κ2) is 12.9. The van der Waals surface area contributed by atoms with Crippen LogP contribution in [0, 0.1) is 5.82 Å². The molecule has 1 saturated carbocycles. The average molecular weight is 556 g/mol. The van der Waals surface area contributed by atoms with Crippen LogP contribution in [0.2, 0.25) is 0 Å². The molecule has 0 aromatic heterocycles. The molecule has 0 spiro atoms. The van der Waals surface area contributed by atoms with E-state index < -0.39 is 35.6 Å². The maximum Gasteiger partial charge on any atom is 0.411 e. The van der Waals surface area contributed by atoms with Gasteiger partial charge in [-0.15, -0.1) is 0 Å². The second-order valence-electron chi connectivity index (χ2n) is 11.7. The van der Waals surface area contributed by atoms with Gasteiger partial charge in [0.1, 0.15) is 29.3 Å². The minimum absolute atomic E-state index is 0.132. The molecular weight excluding hydrogens is 513 g/mol. The van der Waals surface area contributed by atoms with Gasteiger partial charge in [0.25, 0.3) is 0 Å². The summed E-state index contributed by atoms with van der Waals surface area (Å²) < 4.78 is 31.1. The van der Waals surface area contributed by atoms with Crippen LogP contribution in [-0.4, -0.2) is 61.5 Å². The summed E-state index contributed by atoms with van der Waals surface area (Å²) in [6.45, 7) is 6.28. The molecule has 2 aliphatic rings. The fourth-order valence-corrected chi connectivity index (χ4v) is 5.74. The highest BCUT2D eigenvalue weighted by Crippen LogP contribution is 2.36. The monoisotopic (exact) mass is 555 g/mol. The second-order valence-corrected chi connectivity index (χ2v) is 11.7. The van der Waals surface area contributed by atoms with Crippen molar-refractivity contribution in [3.8, 4) is 5.75 Å². The van der Waals surface area contributed by atoms with E-state index in [1.807, 2.05) is 7.05 Å². The molecule has 40 heavy (non-hydrogen) atoms. The van der Waals surface area contributed by atoms with Crippen molar-refractivity contribution >= 4 is 17.7 Å². The predicted octanol–water partition coefficient (Wildman–Crippen LogP) is 5.61. The number of nitrogens with zero attached hydrogens (tertiary/aromatic N) is 1. The van der Waals surface area contributed by atoms with Crippen LogP contribution in [0.3, 0.4) is 0 Å². The van der Waals surface area contributed by atoms with Crippen LogP contribution in [0.5, 0.6) is 5.75 Å². The highest BCUT2D eigenvalue weighted by atomic mass is 19.1. The lowest BCUT2D eigenvalue weighted by Crippen LogP contribution is -2.44. The Morgan fingerprint density at radius 2 is 1.80 bits per heavy atom. The first-order chi connectivity index (χ1) is 19.1. The van der Waals surface area contributed by atoms with Gasteiger partial charge in [0, 0.05) is 36.8 Å². The van der Waals surface area contributed by atoms with Crippen LogP contribution in [0.15, 0.2) is 42.5 Å². The Morgan fingerprint density at radius 1 is 1.07 bits per heavy atom. The van der Waals surface area contributed by atoms with Crippen molar-refractivity contribution in [3.63, 3.8) is 0 Å². The molecule has 8 nitrogen and oxygen atoms in total. The van der Waals surface area contributed by atoms with Gasteiger partial charge in [0.2, 0.25) is 0 Å². The molecule has 1 amide bonds. The smallest absolute Gasteiger partial charge is 0.411 e. The molecular formula is C31H42FN3O5. The SMILES string of the molecule is CNCc1ccccc1[C@H]1CC[C@H](Nc2cc(F)cc(O[C@H]3C[C@@H](C(=O)OC)N(C(=O)OC(C)(C)C)C3)c2)CC1. The van der Waals surface area contributed by atoms with E-state index in [9.17, 15) is 14.0 Å². The van der Waals surface area contributed by atoms with Crippen LogP contribution < -0.4 is 15.4 Å². The van der Waals surface area contributed by atoms with E-state index in [0.29, 0.717) is 17.4 Å². The quantitative estimate of drug-likeness (QED) is 0.409. The lowest BCUT2D eigenvalue weighted by atomic mass is 9.80. The third-order valence-corrected chi connectivity index (χ3v) is 7.50. The number of anilines is 1. The summed E-state index contributed by atoms with van der Waals surface area (Å²) in [6, 6.07) is 12.6. The third-order valence-electron chi connectivity index (χ3n) is 7.50. The Hall–Kier alpha value is -3.33. The number of amides is 1. The van der Waals surface area contributed by atoms with Crippen LogP contribution in [-0.2, 0) is 20.8 Å². The van der Waals surface area contributed by atoms with Crippen LogP contribution >= 0.6 is 0 Å². The predicted molar refractivity (Wildman–Crippen MR) is 152 cm³/mol. The number of nitrogens with one attached hydrogen (secondary N) is 2. The Morgan fingerprint density at radius 3 is 2.48 bits per heavy atom. The largest absolute Gasteiger partial charge is 0.488 e. The summed E-state index contributed by atoms with van der Waals surface area (Å²) in [7, 11) is 3.25. The number of hydrogen-bond acceptors (Lipinski definition) is 7. The highest BCUT2D eigenvalue weighted by molar-refractivity contribution is 5.82. The molecule has 4 rings (SSSR count). The number of likely N-dealkylation sites (tertiary alicyclic amines) is 1. The number of carbonyl (C=O) groups excluding carboxylic acids is 2. The Balaban J connectivity index is 1.38. The number of hydrogen-bond donors (Lipinski definition) is 2. The fourth-order valence-electron chi connectivity index (χ4n) is 5.74. The first-order valence-corrected chi connectivity index (χ1v) is 14.1. The highest BCUT2D eigenvalue weighted by Gasteiger charge is 2.43. The summed E-state index contributed by atoms with van der Waals surface area (Å²) in [5, 5.41) is 6.76. The van der Waals surface area contributed by atoms with Gasteiger partial charge in [0.05, 0.1) is 13.7 Å². The van der Waals surface area contributed by atoms with Gasteiger partial charge in [-0.1, -0.05) is 24.3 Å². The van der Waals surface area contributed by atoms with E-state index in [4.69, 9.17) is 14.2 Å². The maximum absolute atomic E-state index is 14.6. The van der Waals surface area contributed by atoms with Crippen molar-refractivity contribution in [2.24, 2.45) is 0 Å². The average Bonchev–Trinajstić information content (AvgIpc) is 3.32. The van der Waals surface area contributed by atoms with Crippen LogP contribution in [0.25, 0.3) is 0 Å². The van der Waals surface area contributed by atoms with Gasteiger partial charge < -0.3 is 24.8 Å². The van der Waals surface area contributed by atoms with Crippen LogP contribution in [0.4, 0.5) is 14.9 Å². The minimum Gasteiger partial charge on any atom is -0.488 e. The zero-order valence-electron chi connectivity index (χ0n) is 24.2. The molecule has 1 saturated heterocycles. The molecule has 2 atom stereocenters. The molecule has 2 fully saturated rings. The first-order valence-electron chi connectivity index (χ1n) is 14.1. The molecule has 2 aromatic rings. The van der Waals surface area contributed by atoms with E-state index in [1.54, 1.807) is 26.8 Å². The fraction of sp³-hybridized carbons (Fsp3) is 0.548. The van der Waals surface area contributed by atoms with E-state index >= 15 is 0 Å². The molecule has 2 N–H and O–H groups in total. The van der Waals surface area contributed by atoms with Gasteiger partial charge in [-0.3, -0.25) is 4.90 Å². The summed E-state index contributed by atoms with van der Waals surface area (Å²) in [6.07, 6.45) is 3.20. The molecule has 1 aliphatic carbocycles. The normalized spacial score (nSPS) is 23.0. The molecule has 0 unspecified atom stereocenters. The number of rotatable bonds is 8. The number of ether oxygens (including phenoxy) is 3. The van der Waals surface area contributed by atoms with E-state index in [2.05, 4.69) is 34.9 Å². The topological polar surface area (TPSA) is 89.1 Å². The molecule has 1 heterocycles. The third kappa shape index (κ3) is 7.65. The number of methoxy groups -OCH3 is 1. The van der Waals surface area contributed by atoms with Crippen molar-refractivity contribution in [2.45, 2.75) is 89.1 Å². The minimum atomic E-state index is -0.829. The number of esters is 1. The van der Waals surface area contributed by atoms with E-state index in [-0.39, 0.29) is 19.0 Å². The molecule has 218 valence electrons. The van der Waals surface area contributed by atoms with E-state index in [0.717, 1.165) is 32.2 Å². The van der Waals surface area contributed by atoms with Crippen molar-refractivity contribution in [1.82, 2.24) is 10.2 Å². The van der Waals surface area contributed by atoms with Crippen molar-refractivity contribution in [1.29, 1.82) is 0 Å². The summed E-state index contributed by atoms with van der Waals surface area (Å²) >= 11 is 0. The maximum atomic E-state index is 14.6.